The van der Waals surface area contributed by atoms with Crippen LogP contribution in [0, 0.1) is 0 Å². The van der Waals surface area contributed by atoms with Gasteiger partial charge in [-0.25, -0.2) is 0 Å². The van der Waals surface area contributed by atoms with Crippen LogP contribution in [0.15, 0.2) is 146 Å². The van der Waals surface area contributed by atoms with E-state index in [0.717, 1.165) is 109 Å². The molecule has 0 bridgehead atoms. The minimum Gasteiger partial charge on any atom is -0.462 e. The van der Waals surface area contributed by atoms with E-state index in [1.54, 1.807) is 0 Å². The van der Waals surface area contributed by atoms with Gasteiger partial charge in [0.25, 0.3) is 0 Å². The maximum atomic E-state index is 12.8. The average molecular weight is 966 g/mol. The number of rotatable bonds is 50. The van der Waals surface area contributed by atoms with Gasteiger partial charge in [0.2, 0.25) is 0 Å². The van der Waals surface area contributed by atoms with E-state index in [-0.39, 0.29) is 31.6 Å². The summed E-state index contributed by atoms with van der Waals surface area (Å²) in [5, 5.41) is 0. The van der Waals surface area contributed by atoms with Crippen molar-refractivity contribution in [2.45, 2.75) is 232 Å². The molecule has 1 unspecified atom stereocenters. The molecular weight excluding hydrogens is 861 g/mol. The Morgan fingerprint density at radius 2 is 0.657 bits per heavy atom. The van der Waals surface area contributed by atoms with Gasteiger partial charge in [-0.2, -0.15) is 0 Å². The molecular formula is C65H104O5. The summed E-state index contributed by atoms with van der Waals surface area (Å²) < 4.78 is 17.3. The van der Waals surface area contributed by atoms with Gasteiger partial charge in [-0.15, -0.1) is 0 Å². The molecule has 70 heavy (non-hydrogen) atoms. The van der Waals surface area contributed by atoms with Crippen LogP contribution in [0.25, 0.3) is 0 Å². The molecule has 0 aromatic rings. The predicted octanol–water partition coefficient (Wildman–Crippen LogP) is 19.7. The highest BCUT2D eigenvalue weighted by Gasteiger charge is 2.17. The topological polar surface area (TPSA) is 61.8 Å². The van der Waals surface area contributed by atoms with E-state index in [0.29, 0.717) is 19.4 Å². The lowest BCUT2D eigenvalue weighted by Crippen LogP contribution is -2.30. The summed E-state index contributed by atoms with van der Waals surface area (Å²) in [5.41, 5.74) is 0. The Balaban J connectivity index is 4.51. The van der Waals surface area contributed by atoms with Crippen LogP contribution in [0.4, 0.5) is 0 Å². The molecule has 5 heteroatoms. The van der Waals surface area contributed by atoms with Crippen LogP contribution in [-0.4, -0.2) is 37.9 Å². The molecule has 0 aliphatic heterocycles. The Bertz CT molecular complexity index is 1510. The Hall–Kier alpha value is -4.22. The molecule has 0 saturated carbocycles. The number of carbonyl (C=O) groups excluding carboxylic acids is 2. The standard InChI is InChI=1S/C65H104O5/c1-4-7-10-13-16-19-22-25-28-30-32-34-36-39-42-45-48-51-54-57-60-68-61-63(70-65(67)59-56-53-50-47-44-41-37-27-24-21-18-15-12-9-6-3)62-69-64(66)58-55-52-49-46-43-40-38-35-33-31-29-26-23-20-17-14-11-8-5-2/h7-8,10-11,16-17,19-20,25-26,28-29,32-35,39-40,42-43,48-49,51-52,63H,4-6,9,12-15,18,21-24,27,30-31,36-38,41,44-47,50,53-62H2,1-3H3/b10-7-,11-8-,19-16-,20-17-,28-25-,29-26-,34-32-,35-33-,42-39-,43-40-,51-48-,52-49-. The summed E-state index contributed by atoms with van der Waals surface area (Å²) in [4.78, 5) is 25.5. The largest absolute Gasteiger partial charge is 0.462 e. The molecule has 0 saturated heterocycles. The van der Waals surface area contributed by atoms with E-state index in [2.05, 4.69) is 161 Å². The van der Waals surface area contributed by atoms with Gasteiger partial charge >= 0.3 is 11.9 Å². The first-order valence-corrected chi connectivity index (χ1v) is 28.4. The first-order valence-electron chi connectivity index (χ1n) is 28.4. The quantitative estimate of drug-likeness (QED) is 0.0345. The molecule has 0 N–H and O–H groups in total. The molecule has 0 radical (unpaired) electrons. The first-order chi connectivity index (χ1) is 34.6. The second kappa shape index (κ2) is 59.1. The normalized spacial score (nSPS) is 13.4. The third kappa shape index (κ3) is 56.4. The van der Waals surface area contributed by atoms with Crippen molar-refractivity contribution in [3.05, 3.63) is 146 Å². The first kappa shape index (κ1) is 65.8. The molecule has 1 atom stereocenters. The van der Waals surface area contributed by atoms with Crippen LogP contribution in [0.1, 0.15) is 226 Å². The molecule has 0 rings (SSSR count). The third-order valence-electron chi connectivity index (χ3n) is 11.4. The number of unbranched alkanes of at least 4 members (excludes halogenated alkanes) is 15. The third-order valence-corrected chi connectivity index (χ3v) is 11.4. The average Bonchev–Trinajstić information content (AvgIpc) is 3.36. The molecule has 0 aromatic heterocycles. The Labute approximate surface area is 431 Å². The van der Waals surface area contributed by atoms with Gasteiger partial charge in [0.1, 0.15) is 6.61 Å². The zero-order valence-electron chi connectivity index (χ0n) is 45.2. The van der Waals surface area contributed by atoms with E-state index >= 15 is 0 Å². The van der Waals surface area contributed by atoms with Crippen LogP contribution >= 0.6 is 0 Å². The minimum atomic E-state index is -0.607. The van der Waals surface area contributed by atoms with Crippen molar-refractivity contribution < 1.29 is 23.8 Å². The van der Waals surface area contributed by atoms with Gasteiger partial charge in [-0.3, -0.25) is 9.59 Å². The highest BCUT2D eigenvalue weighted by molar-refractivity contribution is 5.70. The van der Waals surface area contributed by atoms with Crippen LogP contribution in [0.3, 0.4) is 0 Å². The molecule has 0 amide bonds. The Morgan fingerprint density at radius 3 is 1.03 bits per heavy atom. The van der Waals surface area contributed by atoms with Gasteiger partial charge in [0.15, 0.2) is 6.10 Å². The lowest BCUT2D eigenvalue weighted by atomic mass is 10.0. The lowest BCUT2D eigenvalue weighted by molar-refractivity contribution is -0.162. The summed E-state index contributed by atoms with van der Waals surface area (Å²) in [6.07, 6.45) is 86.0. The van der Waals surface area contributed by atoms with Crippen LogP contribution in [0.2, 0.25) is 0 Å². The Morgan fingerprint density at radius 1 is 0.329 bits per heavy atom. The van der Waals surface area contributed by atoms with E-state index in [9.17, 15) is 9.59 Å². The summed E-state index contributed by atoms with van der Waals surface area (Å²) in [6, 6.07) is 0. The smallest absolute Gasteiger partial charge is 0.306 e. The molecule has 0 aromatic carbocycles. The zero-order valence-corrected chi connectivity index (χ0v) is 45.2. The lowest BCUT2D eigenvalue weighted by Gasteiger charge is -2.18. The van der Waals surface area contributed by atoms with Crippen LogP contribution < -0.4 is 0 Å². The van der Waals surface area contributed by atoms with Crippen molar-refractivity contribution in [2.75, 3.05) is 19.8 Å². The molecule has 5 nitrogen and oxygen atoms in total. The number of carbonyl (C=O) groups is 2. The SMILES string of the molecule is CC/C=C\C/C=C\C/C=C\C/C=C\C/C=C\C/C=C\CCCOCC(COC(=O)CC/C=C\C/C=C\C/C=C\C/C=C\C/C=C\C/C=C\CC)OC(=O)CCCCCCCCCCCCCCCCC. The van der Waals surface area contributed by atoms with Crippen molar-refractivity contribution in [1.29, 1.82) is 0 Å². The fraction of sp³-hybridized carbons (Fsp3) is 0.600. The number of allylic oxidation sites excluding steroid dienone is 24. The summed E-state index contributed by atoms with van der Waals surface area (Å²) >= 11 is 0. The highest BCUT2D eigenvalue weighted by Crippen LogP contribution is 2.14. The van der Waals surface area contributed by atoms with Gasteiger partial charge in [0, 0.05) is 19.4 Å². The van der Waals surface area contributed by atoms with Gasteiger partial charge in [-0.05, 0) is 103 Å². The van der Waals surface area contributed by atoms with Crippen molar-refractivity contribution >= 4 is 11.9 Å². The monoisotopic (exact) mass is 965 g/mol. The highest BCUT2D eigenvalue weighted by atomic mass is 16.6. The molecule has 0 heterocycles. The molecule has 0 aliphatic rings. The van der Waals surface area contributed by atoms with Gasteiger partial charge in [-0.1, -0.05) is 256 Å². The van der Waals surface area contributed by atoms with E-state index in [4.69, 9.17) is 14.2 Å². The summed E-state index contributed by atoms with van der Waals surface area (Å²) in [7, 11) is 0. The fourth-order valence-electron chi connectivity index (χ4n) is 7.26. The summed E-state index contributed by atoms with van der Waals surface area (Å²) in [6.45, 7) is 7.37. The van der Waals surface area contributed by atoms with Crippen molar-refractivity contribution in [3.63, 3.8) is 0 Å². The number of hydrogen-bond acceptors (Lipinski definition) is 5. The van der Waals surface area contributed by atoms with E-state index in [1.807, 2.05) is 6.08 Å². The van der Waals surface area contributed by atoms with Crippen LogP contribution in [0.5, 0.6) is 0 Å². The van der Waals surface area contributed by atoms with Gasteiger partial charge in [0.05, 0.1) is 6.61 Å². The van der Waals surface area contributed by atoms with Gasteiger partial charge < -0.3 is 14.2 Å². The van der Waals surface area contributed by atoms with E-state index in [1.165, 1.54) is 77.0 Å². The molecule has 0 spiro atoms. The maximum absolute atomic E-state index is 12.8. The minimum absolute atomic E-state index is 0.0142. The second-order valence-electron chi connectivity index (χ2n) is 18.1. The number of esters is 2. The summed E-state index contributed by atoms with van der Waals surface area (Å²) in [5.74, 6) is -0.532. The Kier molecular flexibility index (Phi) is 55.5. The molecule has 0 fully saturated rings. The predicted molar refractivity (Wildman–Crippen MR) is 306 cm³/mol. The van der Waals surface area contributed by atoms with Crippen molar-refractivity contribution in [2.24, 2.45) is 0 Å². The maximum Gasteiger partial charge on any atom is 0.306 e. The number of ether oxygens (including phenoxy) is 3. The molecule has 0 aliphatic carbocycles. The van der Waals surface area contributed by atoms with E-state index < -0.39 is 6.10 Å². The van der Waals surface area contributed by atoms with Crippen molar-refractivity contribution in [3.8, 4) is 0 Å². The van der Waals surface area contributed by atoms with Crippen molar-refractivity contribution in [1.82, 2.24) is 0 Å². The molecule has 394 valence electrons. The zero-order chi connectivity index (χ0) is 50.6. The van der Waals surface area contributed by atoms with Crippen LogP contribution in [-0.2, 0) is 23.8 Å². The second-order valence-corrected chi connectivity index (χ2v) is 18.1. The fourth-order valence-corrected chi connectivity index (χ4v) is 7.26. The number of hydrogen-bond donors (Lipinski definition) is 0.